The Bertz CT molecular complexity index is 11.6. The van der Waals surface area contributed by atoms with Crippen LogP contribution in [0.4, 0.5) is 0 Å². The standard InChI is InChI=1S/HIO3.Li.H/c2-1(3)4;;/h2H;;. The first-order chi connectivity index (χ1) is 1.73. The van der Waals surface area contributed by atoms with E-state index in [0.717, 1.165) is 0 Å². The van der Waals surface area contributed by atoms with E-state index in [1.54, 1.807) is 0 Å². The molecule has 0 heterocycles. The molecule has 0 aliphatic heterocycles. The van der Waals surface area contributed by atoms with E-state index in [2.05, 4.69) is 0 Å². The number of halogens is 1. The summed E-state index contributed by atoms with van der Waals surface area (Å²) < 4.78 is 24.5. The van der Waals surface area contributed by atoms with Gasteiger partial charge in [0.1, 0.15) is 0 Å². The second-order valence-corrected chi connectivity index (χ2v) is 1.35. The summed E-state index contributed by atoms with van der Waals surface area (Å²) in [5, 5.41) is 0. The van der Waals surface area contributed by atoms with Crippen LogP contribution in [0.15, 0.2) is 0 Å². The number of hydrogen-bond acceptors (Lipinski definition) is 3. The third-order valence-electron chi connectivity index (χ3n) is 0. The summed E-state index contributed by atoms with van der Waals surface area (Å²) in [6.07, 6.45) is 0. The number of rotatable bonds is 0. The van der Waals surface area contributed by atoms with Crippen LogP contribution in [-0.2, 0) is 0 Å². The van der Waals surface area contributed by atoms with Gasteiger partial charge in [0.05, 0.1) is 0 Å². The Hall–Kier alpha value is 1.21. The molecule has 0 bridgehead atoms. The van der Waals surface area contributed by atoms with Gasteiger partial charge in [-0.15, -0.1) is 0 Å². The molecule has 28 valence electrons. The van der Waals surface area contributed by atoms with E-state index in [9.17, 15) is 0 Å². The fourth-order valence-corrected chi connectivity index (χ4v) is 0. The van der Waals surface area contributed by atoms with E-state index in [1.165, 1.54) is 0 Å². The van der Waals surface area contributed by atoms with E-state index in [4.69, 9.17) is 10.3 Å². The first kappa shape index (κ1) is 9.51. The van der Waals surface area contributed by atoms with Crippen molar-refractivity contribution in [2.45, 2.75) is 0 Å². The monoisotopic (exact) mass is 184 g/mol. The van der Waals surface area contributed by atoms with Crippen LogP contribution in [-0.4, -0.2) is 22.3 Å². The Labute approximate surface area is 50.2 Å². The van der Waals surface area contributed by atoms with Gasteiger partial charge in [0.25, 0.3) is 0 Å². The molecule has 0 amide bonds. The van der Waals surface area contributed by atoms with Crippen molar-refractivity contribution in [1.29, 1.82) is 0 Å². The summed E-state index contributed by atoms with van der Waals surface area (Å²) in [7, 11) is 0. The van der Waals surface area contributed by atoms with Gasteiger partial charge in [-0.25, -0.2) is 0 Å². The predicted octanol–water partition coefficient (Wildman–Crippen LogP) is -6.58. The van der Waals surface area contributed by atoms with Crippen LogP contribution >= 0.6 is 0 Å². The number of hydrogen-bond donors (Lipinski definition) is 1. The molecule has 5 heteroatoms. The van der Waals surface area contributed by atoms with Crippen molar-refractivity contribution in [3.63, 3.8) is 0 Å². The molecule has 0 saturated carbocycles. The minimum absolute atomic E-state index is 0. The molecule has 0 aromatic heterocycles. The van der Waals surface area contributed by atoms with Crippen LogP contribution in [0.25, 0.3) is 0 Å². The van der Waals surface area contributed by atoms with Gasteiger partial charge in [-0.05, 0) is 3.44 Å². The molecular weight excluding hydrogens is 182 g/mol. The zero-order valence-electron chi connectivity index (χ0n) is 1.64. The normalized spacial score (nSPS) is 7.20. The SMILES string of the molecule is [LiH].[O-][I+2]([O-])O. The fraction of sp³-hybridized carbons (Fsp3) is 0. The molecule has 5 heavy (non-hydrogen) atoms. The van der Waals surface area contributed by atoms with Crippen molar-refractivity contribution in [2.24, 2.45) is 0 Å². The molecule has 1 N–H and O–H groups in total. The van der Waals surface area contributed by atoms with Crippen LogP contribution in [0.5, 0.6) is 0 Å². The van der Waals surface area contributed by atoms with Gasteiger partial charge in [-0.2, -0.15) is 0 Å². The van der Waals surface area contributed by atoms with Gasteiger partial charge in [-0.1, -0.05) is 0 Å². The maximum atomic E-state index is 8.68. The summed E-state index contributed by atoms with van der Waals surface area (Å²) >= 11 is -3.76. The molecule has 0 aliphatic rings. The van der Waals surface area contributed by atoms with Crippen molar-refractivity contribution in [3.05, 3.63) is 0 Å². The van der Waals surface area contributed by atoms with Crippen LogP contribution in [0.3, 0.4) is 0 Å². The second kappa shape index (κ2) is 5.21. The first-order valence-corrected chi connectivity index (χ1v) is 3.20. The van der Waals surface area contributed by atoms with Crippen LogP contribution in [0.1, 0.15) is 0 Å². The minimum Gasteiger partial charge on any atom is -0.396 e. The smallest absolute Gasteiger partial charge is 0.396 e. The molecule has 0 aromatic rings. The van der Waals surface area contributed by atoms with Gasteiger partial charge < -0.3 is 6.87 Å². The van der Waals surface area contributed by atoms with Gasteiger partial charge in [0.15, 0.2) is 0 Å². The van der Waals surface area contributed by atoms with E-state index in [0.29, 0.717) is 0 Å². The molecule has 0 unspecified atom stereocenters. The maximum Gasteiger partial charge on any atom is 0.503 e. The van der Waals surface area contributed by atoms with E-state index in [-0.39, 0.29) is 18.9 Å². The Balaban J connectivity index is 0. The zero-order valence-corrected chi connectivity index (χ0v) is 3.80. The Kier molecular flexibility index (Phi) is 9.90. The molecule has 0 atom stereocenters. The van der Waals surface area contributed by atoms with Crippen LogP contribution < -0.4 is 27.9 Å². The van der Waals surface area contributed by atoms with E-state index >= 15 is 0 Å². The predicted molar refractivity (Wildman–Crippen MR) is 9.37 cm³/mol. The summed E-state index contributed by atoms with van der Waals surface area (Å²) in [5.74, 6) is 0. The molecule has 0 rings (SSSR count). The molecule has 0 fully saturated rings. The minimum atomic E-state index is -3.76. The molecule has 0 aromatic carbocycles. The van der Waals surface area contributed by atoms with Crippen LogP contribution in [0, 0.1) is 0 Å². The Morgan fingerprint density at radius 1 is 1.40 bits per heavy atom. The van der Waals surface area contributed by atoms with Gasteiger partial charge >= 0.3 is 39.9 Å². The third kappa shape index (κ3) is 36.7. The van der Waals surface area contributed by atoms with Crippen molar-refractivity contribution in [1.82, 2.24) is 0 Å². The third-order valence-corrected chi connectivity index (χ3v) is 0. The van der Waals surface area contributed by atoms with Crippen molar-refractivity contribution in [2.75, 3.05) is 0 Å². The van der Waals surface area contributed by atoms with E-state index < -0.39 is 21.1 Å². The maximum absolute atomic E-state index is 8.68. The summed E-state index contributed by atoms with van der Waals surface area (Å²) in [5.41, 5.74) is 0. The molecule has 0 saturated heterocycles. The Morgan fingerprint density at radius 2 is 1.40 bits per heavy atom. The molecule has 0 aliphatic carbocycles. The average molecular weight is 184 g/mol. The summed E-state index contributed by atoms with van der Waals surface area (Å²) in [4.78, 5) is 0. The molecule has 3 nitrogen and oxygen atoms in total. The average Bonchev–Trinajstić information content (AvgIpc) is 0.811. The van der Waals surface area contributed by atoms with Crippen LogP contribution in [0.2, 0.25) is 0 Å². The van der Waals surface area contributed by atoms with Crippen molar-refractivity contribution >= 4 is 18.9 Å². The summed E-state index contributed by atoms with van der Waals surface area (Å²) in [6.45, 7) is 0. The largest absolute Gasteiger partial charge is 0.503 e. The van der Waals surface area contributed by atoms with Gasteiger partial charge in [0, 0.05) is 0 Å². The zero-order chi connectivity index (χ0) is 3.58. The summed E-state index contributed by atoms with van der Waals surface area (Å²) in [6, 6.07) is 0. The quantitative estimate of drug-likeness (QED) is 0.300. The molecule has 0 spiro atoms. The topological polar surface area (TPSA) is 66.3 Å². The molecule has 0 radical (unpaired) electrons. The van der Waals surface area contributed by atoms with Gasteiger partial charge in [0.2, 0.25) is 0 Å². The van der Waals surface area contributed by atoms with Gasteiger partial charge in [-0.3, -0.25) is 0 Å². The first-order valence-electron chi connectivity index (χ1n) is 0.478. The van der Waals surface area contributed by atoms with E-state index in [1.807, 2.05) is 0 Å². The Morgan fingerprint density at radius 3 is 1.40 bits per heavy atom. The van der Waals surface area contributed by atoms with Crippen molar-refractivity contribution < 1.29 is 31.4 Å². The molecular formula is H2ILiO3. The van der Waals surface area contributed by atoms with Crippen molar-refractivity contribution in [3.8, 4) is 0 Å². The fourth-order valence-electron chi connectivity index (χ4n) is 0. The second-order valence-electron chi connectivity index (χ2n) is 0.201.